The van der Waals surface area contributed by atoms with Crippen LogP contribution in [0.5, 0.6) is 0 Å². The summed E-state index contributed by atoms with van der Waals surface area (Å²) >= 11 is 1.73. The van der Waals surface area contributed by atoms with Gasteiger partial charge in [0, 0.05) is 50.4 Å². The van der Waals surface area contributed by atoms with Gasteiger partial charge in [0.25, 0.3) is 0 Å². The van der Waals surface area contributed by atoms with Crippen LogP contribution < -0.4 is 11.5 Å². The lowest BCUT2D eigenvalue weighted by Crippen LogP contribution is -2.50. The Morgan fingerprint density at radius 3 is 2.69 bits per heavy atom. The second kappa shape index (κ2) is 8.42. The first-order valence-electron chi connectivity index (χ1n) is 8.76. The van der Waals surface area contributed by atoms with Crippen molar-refractivity contribution in [2.45, 2.75) is 24.2 Å². The van der Waals surface area contributed by atoms with E-state index in [0.29, 0.717) is 0 Å². The molecule has 0 unspecified atom stereocenters. The number of aryl methyl sites for hydroxylation is 1. The maximum Gasteiger partial charge on any atom is 0.188 e. The molecule has 1 aromatic heterocycles. The van der Waals surface area contributed by atoms with Gasteiger partial charge in [-0.15, -0.1) is 11.8 Å². The predicted octanol–water partition coefficient (Wildman–Crippen LogP) is 2.28. The summed E-state index contributed by atoms with van der Waals surface area (Å²) in [5.74, 6) is 0.980. The van der Waals surface area contributed by atoms with Gasteiger partial charge in [-0.2, -0.15) is 0 Å². The summed E-state index contributed by atoms with van der Waals surface area (Å²) in [6, 6.07) is 10.3. The summed E-state index contributed by atoms with van der Waals surface area (Å²) in [7, 11) is 0. The van der Waals surface area contributed by atoms with Gasteiger partial charge in [-0.3, -0.25) is 10.3 Å². The minimum atomic E-state index is 0.165. The van der Waals surface area contributed by atoms with Gasteiger partial charge in [-0.05, 0) is 30.2 Å². The highest BCUT2D eigenvalue weighted by molar-refractivity contribution is 7.98. The van der Waals surface area contributed by atoms with Gasteiger partial charge in [0.1, 0.15) is 5.03 Å². The first-order chi connectivity index (χ1) is 12.5. The van der Waals surface area contributed by atoms with Crippen molar-refractivity contribution in [1.82, 2.24) is 14.8 Å². The topological polar surface area (TPSA) is 95.3 Å². The third-order valence-electron chi connectivity index (χ3n) is 4.62. The Bertz CT molecular complexity index is 770. The fourth-order valence-corrected chi connectivity index (χ4v) is 4.06. The summed E-state index contributed by atoms with van der Waals surface area (Å²) < 4.78 is 0. The Hall–Kier alpha value is -2.25. The lowest BCUT2D eigenvalue weighted by Gasteiger charge is -2.35. The summed E-state index contributed by atoms with van der Waals surface area (Å²) in [4.78, 5) is 8.89. The number of nitrogens with one attached hydrogen (secondary N) is 1. The molecule has 138 valence electrons. The van der Waals surface area contributed by atoms with Gasteiger partial charge < -0.3 is 16.4 Å². The van der Waals surface area contributed by atoms with E-state index >= 15 is 0 Å². The highest BCUT2D eigenvalue weighted by atomic mass is 32.2. The molecule has 0 spiro atoms. The van der Waals surface area contributed by atoms with Gasteiger partial charge >= 0.3 is 0 Å². The Kier molecular flexibility index (Phi) is 6.00. The second-order valence-corrected chi connectivity index (χ2v) is 7.57. The van der Waals surface area contributed by atoms with E-state index in [1.54, 1.807) is 11.8 Å². The van der Waals surface area contributed by atoms with Gasteiger partial charge in [-0.1, -0.05) is 23.8 Å². The molecule has 0 bridgehead atoms. The third kappa shape index (κ3) is 4.68. The molecule has 0 aliphatic carbocycles. The predicted molar refractivity (Wildman–Crippen MR) is 108 cm³/mol. The van der Waals surface area contributed by atoms with Crippen molar-refractivity contribution in [2.75, 3.05) is 31.9 Å². The maximum atomic E-state index is 7.54. The zero-order valence-electron chi connectivity index (χ0n) is 15.1. The van der Waals surface area contributed by atoms with Gasteiger partial charge in [0.2, 0.25) is 0 Å². The van der Waals surface area contributed by atoms with Crippen molar-refractivity contribution in [1.29, 1.82) is 5.41 Å². The monoisotopic (exact) mass is 370 g/mol. The standard InChI is InChI=1S/C19H26N6S/c1-14-4-5-17(20)16(11-14)13-26-18-15(3-2-6-23-18)12-24-7-9-25(10-8-24)19(21)22/h2-6,11H,7-10,12-13,20H2,1H3,(H3,21,22). The van der Waals surface area contributed by atoms with E-state index < -0.39 is 0 Å². The van der Waals surface area contributed by atoms with Gasteiger partial charge in [-0.25, -0.2) is 4.98 Å². The molecule has 2 heterocycles. The van der Waals surface area contributed by atoms with Crippen molar-refractivity contribution in [2.24, 2.45) is 5.73 Å². The summed E-state index contributed by atoms with van der Waals surface area (Å²) in [6.45, 7) is 6.37. The molecule has 0 amide bonds. The summed E-state index contributed by atoms with van der Waals surface area (Å²) in [5, 5.41) is 8.60. The first-order valence-corrected chi connectivity index (χ1v) is 9.74. The van der Waals surface area contributed by atoms with Crippen LogP contribution in [-0.4, -0.2) is 46.9 Å². The number of nitrogens with zero attached hydrogens (tertiary/aromatic N) is 3. The highest BCUT2D eigenvalue weighted by Crippen LogP contribution is 2.28. The number of nitrogen functional groups attached to an aromatic ring is 1. The van der Waals surface area contributed by atoms with Crippen molar-refractivity contribution in [3.63, 3.8) is 0 Å². The largest absolute Gasteiger partial charge is 0.398 e. The van der Waals surface area contributed by atoms with Crippen LogP contribution in [0.15, 0.2) is 41.6 Å². The zero-order valence-corrected chi connectivity index (χ0v) is 15.9. The van der Waals surface area contributed by atoms with Crippen molar-refractivity contribution in [3.05, 3.63) is 53.2 Å². The second-order valence-electron chi connectivity index (χ2n) is 6.61. The number of rotatable bonds is 5. The number of aromatic nitrogens is 1. The van der Waals surface area contributed by atoms with Crippen LogP contribution in [-0.2, 0) is 12.3 Å². The minimum Gasteiger partial charge on any atom is -0.398 e. The molecule has 26 heavy (non-hydrogen) atoms. The molecule has 1 fully saturated rings. The summed E-state index contributed by atoms with van der Waals surface area (Å²) in [5.41, 5.74) is 16.1. The smallest absolute Gasteiger partial charge is 0.188 e. The van der Waals surface area contributed by atoms with E-state index in [2.05, 4.69) is 28.9 Å². The third-order valence-corrected chi connectivity index (χ3v) is 5.72. The van der Waals surface area contributed by atoms with Crippen LogP contribution in [0.3, 0.4) is 0 Å². The van der Waals surface area contributed by atoms with Crippen molar-refractivity contribution >= 4 is 23.4 Å². The molecule has 1 saturated heterocycles. The van der Waals surface area contributed by atoms with Crippen LogP contribution in [0.2, 0.25) is 0 Å². The van der Waals surface area contributed by atoms with E-state index in [9.17, 15) is 0 Å². The number of pyridine rings is 1. The first kappa shape index (κ1) is 18.5. The van der Waals surface area contributed by atoms with E-state index in [0.717, 1.165) is 54.8 Å². The molecule has 1 aliphatic rings. The van der Waals surface area contributed by atoms with Crippen molar-refractivity contribution in [3.8, 4) is 0 Å². The lowest BCUT2D eigenvalue weighted by molar-refractivity contribution is 0.172. The molecular weight excluding hydrogens is 344 g/mol. The number of guanidine groups is 1. The SMILES string of the molecule is Cc1ccc(N)c(CSc2ncccc2CN2CCN(C(=N)N)CC2)c1. The lowest BCUT2D eigenvalue weighted by atomic mass is 10.1. The molecule has 5 N–H and O–H groups in total. The molecule has 1 aromatic carbocycles. The Morgan fingerprint density at radius 1 is 1.19 bits per heavy atom. The maximum absolute atomic E-state index is 7.54. The van der Waals surface area contributed by atoms with Crippen LogP contribution in [0.1, 0.15) is 16.7 Å². The number of benzene rings is 1. The number of piperazine rings is 1. The molecule has 3 rings (SSSR count). The normalized spacial score (nSPS) is 15.2. The Morgan fingerprint density at radius 2 is 1.96 bits per heavy atom. The average Bonchev–Trinajstić information content (AvgIpc) is 2.64. The molecule has 2 aromatic rings. The van der Waals surface area contributed by atoms with E-state index in [1.165, 1.54) is 11.1 Å². The quantitative estimate of drug-likeness (QED) is 0.323. The van der Waals surface area contributed by atoms with Crippen LogP contribution in [0, 0.1) is 12.3 Å². The van der Waals surface area contributed by atoms with Gasteiger partial charge in [0.15, 0.2) is 5.96 Å². The number of hydrogen-bond donors (Lipinski definition) is 3. The molecule has 7 heteroatoms. The van der Waals surface area contributed by atoms with Crippen molar-refractivity contribution < 1.29 is 0 Å². The fraction of sp³-hybridized carbons (Fsp3) is 0.368. The minimum absolute atomic E-state index is 0.165. The molecule has 6 nitrogen and oxygen atoms in total. The molecule has 0 saturated carbocycles. The van der Waals surface area contributed by atoms with E-state index in [1.807, 2.05) is 29.3 Å². The van der Waals surface area contributed by atoms with E-state index in [-0.39, 0.29) is 5.96 Å². The van der Waals surface area contributed by atoms with Crippen LogP contribution in [0.4, 0.5) is 5.69 Å². The number of thioether (sulfide) groups is 1. The number of hydrogen-bond acceptors (Lipinski definition) is 5. The number of anilines is 1. The number of nitrogens with two attached hydrogens (primary N) is 2. The Balaban J connectivity index is 1.63. The molecule has 1 aliphatic heterocycles. The Labute approximate surface area is 159 Å². The molecular formula is C19H26N6S. The highest BCUT2D eigenvalue weighted by Gasteiger charge is 2.19. The zero-order chi connectivity index (χ0) is 18.5. The fourth-order valence-electron chi connectivity index (χ4n) is 3.07. The van der Waals surface area contributed by atoms with E-state index in [4.69, 9.17) is 16.9 Å². The molecule has 0 atom stereocenters. The van der Waals surface area contributed by atoms with Crippen LogP contribution >= 0.6 is 11.8 Å². The summed E-state index contributed by atoms with van der Waals surface area (Å²) in [6.07, 6.45) is 1.85. The average molecular weight is 371 g/mol. The molecule has 0 radical (unpaired) electrons. The van der Waals surface area contributed by atoms with Gasteiger partial charge in [0.05, 0.1) is 0 Å². The van der Waals surface area contributed by atoms with Crippen LogP contribution in [0.25, 0.3) is 0 Å².